The molecule has 1 atom stereocenters. The van der Waals surface area contributed by atoms with Crippen LogP contribution in [0, 0.1) is 5.92 Å². The van der Waals surface area contributed by atoms with Gasteiger partial charge in [0.2, 0.25) is 5.91 Å². The Morgan fingerprint density at radius 1 is 1.15 bits per heavy atom. The molecule has 0 saturated heterocycles. The van der Waals surface area contributed by atoms with Crippen molar-refractivity contribution >= 4 is 11.9 Å². The Labute approximate surface area is 162 Å². The highest BCUT2D eigenvalue weighted by Crippen LogP contribution is 2.27. The van der Waals surface area contributed by atoms with Gasteiger partial charge < -0.3 is 21.1 Å². The van der Waals surface area contributed by atoms with Crippen molar-refractivity contribution in [2.75, 3.05) is 26.2 Å². The number of hydrogen-bond acceptors (Lipinski definition) is 3. The van der Waals surface area contributed by atoms with Crippen molar-refractivity contribution < 1.29 is 9.90 Å². The Balaban J connectivity index is 1.75. The molecule has 0 radical (unpaired) electrons. The normalized spacial score (nSPS) is 17.4. The van der Waals surface area contributed by atoms with Crippen molar-refractivity contribution in [3.63, 3.8) is 0 Å². The van der Waals surface area contributed by atoms with Gasteiger partial charge in [0, 0.05) is 26.1 Å². The summed E-state index contributed by atoms with van der Waals surface area (Å²) >= 11 is 0. The monoisotopic (exact) mass is 374 g/mol. The highest BCUT2D eigenvalue weighted by Gasteiger charge is 2.22. The van der Waals surface area contributed by atoms with Crippen LogP contribution in [0.2, 0.25) is 0 Å². The molecule has 1 aliphatic carbocycles. The Morgan fingerprint density at radius 2 is 1.81 bits per heavy atom. The average molecular weight is 375 g/mol. The smallest absolute Gasteiger partial charge is 0.220 e. The van der Waals surface area contributed by atoms with E-state index in [1.54, 1.807) is 6.92 Å². The van der Waals surface area contributed by atoms with Crippen molar-refractivity contribution in [3.8, 4) is 0 Å². The molecular formula is C21H34N4O2. The van der Waals surface area contributed by atoms with E-state index in [9.17, 15) is 9.90 Å². The molecule has 0 spiro atoms. The van der Waals surface area contributed by atoms with Crippen LogP contribution in [0.1, 0.15) is 51.5 Å². The minimum Gasteiger partial charge on any atom is -0.384 e. The summed E-state index contributed by atoms with van der Waals surface area (Å²) in [7, 11) is 0. The van der Waals surface area contributed by atoms with Crippen LogP contribution in [0.3, 0.4) is 0 Å². The van der Waals surface area contributed by atoms with Crippen LogP contribution >= 0.6 is 0 Å². The van der Waals surface area contributed by atoms with Crippen molar-refractivity contribution in [2.24, 2.45) is 10.9 Å². The van der Waals surface area contributed by atoms with Crippen LogP contribution in [0.15, 0.2) is 35.3 Å². The first kappa shape index (κ1) is 21.2. The topological polar surface area (TPSA) is 85.8 Å². The van der Waals surface area contributed by atoms with E-state index in [4.69, 9.17) is 0 Å². The Kier molecular flexibility index (Phi) is 8.58. The summed E-state index contributed by atoms with van der Waals surface area (Å²) in [5.41, 5.74) is -0.192. The quantitative estimate of drug-likeness (QED) is 0.303. The lowest BCUT2D eigenvalue weighted by molar-refractivity contribution is -0.121. The molecule has 1 saturated carbocycles. The Morgan fingerprint density at radius 3 is 2.48 bits per heavy atom. The van der Waals surface area contributed by atoms with Gasteiger partial charge in [0.05, 0.1) is 6.54 Å². The lowest BCUT2D eigenvalue weighted by atomic mass is 9.96. The molecule has 0 aliphatic heterocycles. The number of nitrogens with zero attached hydrogens (tertiary/aromatic N) is 1. The first-order chi connectivity index (χ1) is 13.0. The van der Waals surface area contributed by atoms with Gasteiger partial charge in [-0.1, -0.05) is 43.2 Å². The maximum Gasteiger partial charge on any atom is 0.220 e. The van der Waals surface area contributed by atoms with Crippen molar-refractivity contribution in [3.05, 3.63) is 35.9 Å². The molecule has 150 valence electrons. The number of rotatable bonds is 9. The molecule has 0 heterocycles. The van der Waals surface area contributed by atoms with Gasteiger partial charge in [-0.15, -0.1) is 0 Å². The summed E-state index contributed by atoms with van der Waals surface area (Å²) in [5, 5.41) is 20.0. The molecule has 27 heavy (non-hydrogen) atoms. The fourth-order valence-corrected chi connectivity index (χ4v) is 3.39. The molecule has 4 N–H and O–H groups in total. The van der Waals surface area contributed by atoms with Gasteiger partial charge in [-0.3, -0.25) is 4.79 Å². The molecule has 1 aliphatic rings. The summed E-state index contributed by atoms with van der Waals surface area (Å²) in [6.45, 7) is 5.89. The molecule has 1 amide bonds. The van der Waals surface area contributed by atoms with Gasteiger partial charge in [0.15, 0.2) is 5.96 Å². The molecular weight excluding hydrogens is 340 g/mol. The van der Waals surface area contributed by atoms with Gasteiger partial charge in [-0.05, 0) is 38.2 Å². The Hall–Kier alpha value is -2.08. The molecule has 1 fully saturated rings. The van der Waals surface area contributed by atoms with Gasteiger partial charge in [-0.2, -0.15) is 0 Å². The third kappa shape index (κ3) is 7.59. The van der Waals surface area contributed by atoms with E-state index < -0.39 is 5.60 Å². The van der Waals surface area contributed by atoms with Crippen molar-refractivity contribution in [2.45, 2.75) is 51.6 Å². The van der Waals surface area contributed by atoms with Crippen LogP contribution in [0.25, 0.3) is 0 Å². The van der Waals surface area contributed by atoms with E-state index in [1.807, 2.05) is 37.3 Å². The number of carbonyl (C=O) groups is 1. The third-order valence-electron chi connectivity index (χ3n) is 4.97. The summed E-state index contributed by atoms with van der Waals surface area (Å²) in [5.74, 6) is 1.34. The van der Waals surface area contributed by atoms with E-state index in [0.717, 1.165) is 12.1 Å². The number of nitrogens with one attached hydrogen (secondary N) is 3. The standard InChI is InChI=1S/C21H34N4O2/c1-3-22-20(25-16-21(2,27)18-11-5-4-6-12-18)24-14-13-23-19(26)15-17-9-7-8-10-17/h4-6,11-12,17,27H,3,7-10,13-16H2,1-2H3,(H,23,26)(H2,22,24,25). The van der Waals surface area contributed by atoms with Crippen molar-refractivity contribution in [1.82, 2.24) is 16.0 Å². The maximum atomic E-state index is 12.0. The van der Waals surface area contributed by atoms with Crippen LogP contribution in [-0.2, 0) is 10.4 Å². The Bertz CT molecular complexity index is 595. The molecule has 1 aromatic carbocycles. The zero-order valence-corrected chi connectivity index (χ0v) is 16.6. The number of hydrogen-bond donors (Lipinski definition) is 4. The first-order valence-corrected chi connectivity index (χ1v) is 10.1. The SMILES string of the molecule is CCNC(=NCC(C)(O)c1ccccc1)NCCNC(=O)CC1CCCC1. The molecule has 2 rings (SSSR count). The second-order valence-corrected chi connectivity index (χ2v) is 7.47. The minimum absolute atomic E-state index is 0.137. The van der Waals surface area contributed by atoms with E-state index in [0.29, 0.717) is 31.4 Å². The predicted molar refractivity (Wildman–Crippen MR) is 110 cm³/mol. The number of carbonyl (C=O) groups excluding carboxylic acids is 1. The minimum atomic E-state index is -1.03. The van der Waals surface area contributed by atoms with Gasteiger partial charge >= 0.3 is 0 Å². The lowest BCUT2D eigenvalue weighted by Crippen LogP contribution is -2.42. The molecule has 0 aromatic heterocycles. The lowest BCUT2D eigenvalue weighted by Gasteiger charge is -2.22. The van der Waals surface area contributed by atoms with Crippen molar-refractivity contribution in [1.29, 1.82) is 0 Å². The van der Waals surface area contributed by atoms with E-state index in [1.165, 1.54) is 25.7 Å². The van der Waals surface area contributed by atoms with E-state index in [-0.39, 0.29) is 12.5 Å². The van der Waals surface area contributed by atoms with E-state index >= 15 is 0 Å². The largest absolute Gasteiger partial charge is 0.384 e. The summed E-state index contributed by atoms with van der Waals surface area (Å²) < 4.78 is 0. The van der Waals surface area contributed by atoms with Crippen LogP contribution < -0.4 is 16.0 Å². The van der Waals surface area contributed by atoms with Crippen LogP contribution in [0.5, 0.6) is 0 Å². The maximum absolute atomic E-state index is 12.0. The van der Waals surface area contributed by atoms with E-state index in [2.05, 4.69) is 20.9 Å². The van der Waals surface area contributed by atoms with Gasteiger partial charge in [-0.25, -0.2) is 4.99 Å². The van der Waals surface area contributed by atoms with Crippen LogP contribution in [0.4, 0.5) is 0 Å². The zero-order valence-electron chi connectivity index (χ0n) is 16.6. The number of benzene rings is 1. The number of aliphatic hydroxyl groups is 1. The summed E-state index contributed by atoms with van der Waals surface area (Å²) in [4.78, 5) is 16.5. The van der Waals surface area contributed by atoms with Crippen LogP contribution in [-0.4, -0.2) is 43.2 Å². The molecule has 1 aromatic rings. The fourth-order valence-electron chi connectivity index (χ4n) is 3.39. The average Bonchev–Trinajstić information content (AvgIpc) is 3.17. The number of amides is 1. The second-order valence-electron chi connectivity index (χ2n) is 7.47. The molecule has 0 bridgehead atoms. The molecule has 6 nitrogen and oxygen atoms in total. The first-order valence-electron chi connectivity index (χ1n) is 10.1. The third-order valence-corrected chi connectivity index (χ3v) is 4.97. The fraction of sp³-hybridized carbons (Fsp3) is 0.619. The molecule has 6 heteroatoms. The van der Waals surface area contributed by atoms with Gasteiger partial charge in [0.1, 0.15) is 5.60 Å². The summed E-state index contributed by atoms with van der Waals surface area (Å²) in [6.07, 6.45) is 5.53. The summed E-state index contributed by atoms with van der Waals surface area (Å²) in [6, 6.07) is 9.54. The zero-order chi connectivity index (χ0) is 19.5. The predicted octanol–water partition coefficient (Wildman–Crippen LogP) is 2.15. The number of aliphatic imine (C=N–C) groups is 1. The molecule has 1 unspecified atom stereocenters. The van der Waals surface area contributed by atoms with Gasteiger partial charge in [0.25, 0.3) is 0 Å². The highest BCUT2D eigenvalue weighted by molar-refractivity contribution is 5.80. The second kappa shape index (κ2) is 10.9. The highest BCUT2D eigenvalue weighted by atomic mass is 16.3. The number of guanidine groups is 1.